The zero-order chi connectivity index (χ0) is 10.6. The molecule has 78 valence electrons. The second-order valence-corrected chi connectivity index (χ2v) is 2.82. The maximum atomic E-state index is 11.0. The first kappa shape index (κ1) is 10.6. The van der Waals surface area contributed by atoms with E-state index in [-0.39, 0.29) is 44.4 Å². The Morgan fingerprint density at radius 3 is 2.43 bits per heavy atom. The highest BCUT2D eigenvalue weighted by molar-refractivity contribution is 6.04. The minimum atomic E-state index is -0.678. The number of hydrogen-bond acceptors (Lipinski definition) is 5. The molecule has 1 aliphatic rings. The summed E-state index contributed by atoms with van der Waals surface area (Å²) in [5.74, 6) is -1.38. The molecule has 0 bridgehead atoms. The molecule has 0 unspecified atom stereocenters. The topological polar surface area (TPSA) is 83.9 Å². The predicted molar refractivity (Wildman–Crippen MR) is 44.0 cm³/mol. The number of aliphatic hydroxyl groups is 1. The molecule has 1 heterocycles. The van der Waals surface area contributed by atoms with Crippen LogP contribution in [0.2, 0.25) is 0 Å². The van der Waals surface area contributed by atoms with Crippen LogP contribution in [-0.2, 0) is 19.1 Å². The Balaban J connectivity index is 2.39. The van der Waals surface area contributed by atoms with Crippen LogP contribution < -0.4 is 0 Å². The van der Waals surface area contributed by atoms with Gasteiger partial charge in [-0.2, -0.15) is 0 Å². The third-order valence-corrected chi connectivity index (χ3v) is 1.80. The van der Waals surface area contributed by atoms with Gasteiger partial charge in [0.25, 0.3) is 0 Å². The number of nitrogens with zero attached hydrogens (tertiary/aromatic N) is 1. The van der Waals surface area contributed by atoms with Crippen molar-refractivity contribution in [3.63, 3.8) is 0 Å². The normalized spacial score (nSPS) is 16.2. The van der Waals surface area contributed by atoms with Crippen molar-refractivity contribution in [3.05, 3.63) is 0 Å². The molecular weight excluding hydrogens is 190 g/mol. The number of carbonyl (C=O) groups excluding carboxylic acids is 3. The minimum Gasteiger partial charge on any atom is -0.462 e. The first-order valence-corrected chi connectivity index (χ1v) is 4.25. The summed E-state index contributed by atoms with van der Waals surface area (Å²) in [6.07, 6.45) is 0.318. The Morgan fingerprint density at radius 2 is 1.93 bits per heavy atom. The molecule has 6 nitrogen and oxygen atoms in total. The van der Waals surface area contributed by atoms with Gasteiger partial charge in [0.05, 0.1) is 6.61 Å². The van der Waals surface area contributed by atoms with Crippen LogP contribution in [-0.4, -0.2) is 47.5 Å². The zero-order valence-corrected chi connectivity index (χ0v) is 7.56. The maximum Gasteiger partial charge on any atom is 0.326 e. The van der Waals surface area contributed by atoms with Gasteiger partial charge >= 0.3 is 5.97 Å². The predicted octanol–water partition coefficient (Wildman–Crippen LogP) is -1.33. The highest BCUT2D eigenvalue weighted by atomic mass is 16.5. The lowest BCUT2D eigenvalue weighted by atomic mass is 10.4. The Morgan fingerprint density at radius 1 is 1.36 bits per heavy atom. The first-order chi connectivity index (χ1) is 6.65. The number of esters is 1. The van der Waals surface area contributed by atoms with E-state index in [0.29, 0.717) is 0 Å². The number of carbonyl (C=O) groups is 3. The third-order valence-electron chi connectivity index (χ3n) is 1.80. The van der Waals surface area contributed by atoms with E-state index in [0.717, 1.165) is 4.90 Å². The fourth-order valence-electron chi connectivity index (χ4n) is 1.13. The smallest absolute Gasteiger partial charge is 0.326 e. The molecule has 1 rings (SSSR count). The first-order valence-electron chi connectivity index (χ1n) is 4.25. The third kappa shape index (κ3) is 2.53. The summed E-state index contributed by atoms with van der Waals surface area (Å²) in [5.41, 5.74) is 0. The van der Waals surface area contributed by atoms with Crippen molar-refractivity contribution in [1.29, 1.82) is 0 Å². The number of likely N-dealkylation sites (tertiary alicyclic amines) is 1. The SMILES string of the molecule is O=C(CN1C(=O)CCC1=O)OCCO. The van der Waals surface area contributed by atoms with Gasteiger partial charge in [-0.05, 0) is 0 Å². The van der Waals surface area contributed by atoms with Crippen LogP contribution in [0.3, 0.4) is 0 Å². The summed E-state index contributed by atoms with van der Waals surface area (Å²) in [6.45, 7) is -0.736. The molecule has 2 amide bonds. The summed E-state index contributed by atoms with van der Waals surface area (Å²) < 4.78 is 4.51. The standard InChI is InChI=1S/C8H11NO5/c10-3-4-14-8(13)5-9-6(11)1-2-7(9)12/h10H,1-5H2. The summed E-state index contributed by atoms with van der Waals surface area (Å²) in [7, 11) is 0. The van der Waals surface area contributed by atoms with Crippen molar-refractivity contribution in [2.45, 2.75) is 12.8 Å². The maximum absolute atomic E-state index is 11.0. The molecule has 0 spiro atoms. The molecule has 0 aromatic carbocycles. The molecule has 1 saturated heterocycles. The fourth-order valence-corrected chi connectivity index (χ4v) is 1.13. The van der Waals surface area contributed by atoms with E-state index < -0.39 is 5.97 Å². The van der Waals surface area contributed by atoms with Crippen molar-refractivity contribution in [2.75, 3.05) is 19.8 Å². The van der Waals surface area contributed by atoms with E-state index >= 15 is 0 Å². The molecule has 0 aromatic heterocycles. The molecule has 0 radical (unpaired) electrons. The average molecular weight is 201 g/mol. The molecule has 1 aliphatic heterocycles. The highest BCUT2D eigenvalue weighted by Gasteiger charge is 2.30. The minimum absolute atomic E-state index is 0.116. The molecule has 0 saturated carbocycles. The fraction of sp³-hybridized carbons (Fsp3) is 0.625. The second kappa shape index (κ2) is 4.71. The number of amides is 2. The number of hydrogen-bond donors (Lipinski definition) is 1. The van der Waals surface area contributed by atoms with Crippen molar-refractivity contribution in [3.8, 4) is 0 Å². The molecule has 1 N–H and O–H groups in total. The van der Waals surface area contributed by atoms with Crippen LogP contribution in [0.5, 0.6) is 0 Å². The van der Waals surface area contributed by atoms with Gasteiger partial charge in [-0.25, -0.2) is 0 Å². The summed E-state index contributed by atoms with van der Waals surface area (Å²) >= 11 is 0. The summed E-state index contributed by atoms with van der Waals surface area (Å²) in [4.78, 5) is 33.9. The monoisotopic (exact) mass is 201 g/mol. The van der Waals surface area contributed by atoms with Gasteiger partial charge in [-0.15, -0.1) is 0 Å². The molecular formula is C8H11NO5. The summed E-state index contributed by atoms with van der Waals surface area (Å²) in [6, 6.07) is 0. The van der Waals surface area contributed by atoms with Gasteiger partial charge in [-0.3, -0.25) is 19.3 Å². The Hall–Kier alpha value is -1.43. The largest absolute Gasteiger partial charge is 0.462 e. The Kier molecular flexibility index (Phi) is 3.58. The van der Waals surface area contributed by atoms with Crippen molar-refractivity contribution < 1.29 is 24.2 Å². The van der Waals surface area contributed by atoms with Gasteiger partial charge in [-0.1, -0.05) is 0 Å². The zero-order valence-electron chi connectivity index (χ0n) is 7.56. The van der Waals surface area contributed by atoms with Gasteiger partial charge in [0, 0.05) is 12.8 Å². The Bertz CT molecular complexity index is 246. The second-order valence-electron chi connectivity index (χ2n) is 2.82. The number of imide groups is 1. The van der Waals surface area contributed by atoms with Crippen LogP contribution in [0.1, 0.15) is 12.8 Å². The quantitative estimate of drug-likeness (QED) is 0.450. The molecule has 1 fully saturated rings. The van der Waals surface area contributed by atoms with Crippen LogP contribution in [0.4, 0.5) is 0 Å². The van der Waals surface area contributed by atoms with Crippen LogP contribution in [0.25, 0.3) is 0 Å². The molecule has 6 heteroatoms. The molecule has 14 heavy (non-hydrogen) atoms. The highest BCUT2D eigenvalue weighted by Crippen LogP contribution is 2.10. The average Bonchev–Trinajstić information content (AvgIpc) is 2.46. The molecule has 0 aromatic rings. The number of aliphatic hydroxyl groups excluding tert-OH is 1. The van der Waals surface area contributed by atoms with Crippen molar-refractivity contribution in [1.82, 2.24) is 4.90 Å². The van der Waals surface area contributed by atoms with E-state index in [1.807, 2.05) is 0 Å². The van der Waals surface area contributed by atoms with E-state index in [9.17, 15) is 14.4 Å². The van der Waals surface area contributed by atoms with Gasteiger partial charge in [0.1, 0.15) is 13.2 Å². The lowest BCUT2D eigenvalue weighted by molar-refractivity contribution is -0.152. The lowest BCUT2D eigenvalue weighted by Crippen LogP contribution is -2.35. The van der Waals surface area contributed by atoms with Crippen LogP contribution in [0.15, 0.2) is 0 Å². The van der Waals surface area contributed by atoms with E-state index in [2.05, 4.69) is 4.74 Å². The number of rotatable bonds is 4. The van der Waals surface area contributed by atoms with Crippen LogP contribution in [0, 0.1) is 0 Å². The van der Waals surface area contributed by atoms with Gasteiger partial charge < -0.3 is 9.84 Å². The summed E-state index contributed by atoms with van der Waals surface area (Å²) in [5, 5.41) is 8.36. The van der Waals surface area contributed by atoms with Gasteiger partial charge in [0.2, 0.25) is 11.8 Å². The van der Waals surface area contributed by atoms with Crippen molar-refractivity contribution >= 4 is 17.8 Å². The van der Waals surface area contributed by atoms with E-state index in [4.69, 9.17) is 5.11 Å². The van der Waals surface area contributed by atoms with Gasteiger partial charge in [0.15, 0.2) is 0 Å². The van der Waals surface area contributed by atoms with E-state index in [1.54, 1.807) is 0 Å². The van der Waals surface area contributed by atoms with E-state index in [1.165, 1.54) is 0 Å². The van der Waals surface area contributed by atoms with Crippen molar-refractivity contribution in [2.24, 2.45) is 0 Å². The lowest BCUT2D eigenvalue weighted by Gasteiger charge is -2.12. The number of ether oxygens (including phenoxy) is 1. The Labute approximate surface area is 80.4 Å². The molecule has 0 atom stereocenters. The van der Waals surface area contributed by atoms with Crippen LogP contribution >= 0.6 is 0 Å². The molecule has 0 aliphatic carbocycles.